The zero-order valence-corrected chi connectivity index (χ0v) is 19.6. The first-order valence-electron chi connectivity index (χ1n) is 11.6. The van der Waals surface area contributed by atoms with E-state index in [9.17, 15) is 4.79 Å². The van der Waals surface area contributed by atoms with Crippen LogP contribution in [0.3, 0.4) is 0 Å². The van der Waals surface area contributed by atoms with Crippen LogP contribution in [-0.4, -0.2) is 50.8 Å². The molecule has 1 aliphatic heterocycles. The molecule has 6 nitrogen and oxygen atoms in total. The predicted octanol–water partition coefficient (Wildman–Crippen LogP) is 4.58. The molecular formula is C26H35N3O3. The summed E-state index contributed by atoms with van der Waals surface area (Å²) >= 11 is 0. The molecule has 2 amide bonds. The van der Waals surface area contributed by atoms with Gasteiger partial charge in [-0.1, -0.05) is 25.1 Å². The summed E-state index contributed by atoms with van der Waals surface area (Å²) in [7, 11) is 5.56. The molecular weight excluding hydrogens is 402 g/mol. The summed E-state index contributed by atoms with van der Waals surface area (Å²) in [6, 6.07) is 14.8. The van der Waals surface area contributed by atoms with E-state index in [4.69, 9.17) is 9.47 Å². The number of methoxy groups -OCH3 is 2. The van der Waals surface area contributed by atoms with Crippen molar-refractivity contribution in [3.05, 3.63) is 53.6 Å². The Hall–Kier alpha value is -2.73. The molecule has 2 aromatic carbocycles. The maximum absolute atomic E-state index is 12.6. The first-order valence-corrected chi connectivity index (χ1v) is 11.6. The minimum atomic E-state index is -0.126. The van der Waals surface area contributed by atoms with Gasteiger partial charge in [0.25, 0.3) is 0 Å². The number of carbonyl (C=O) groups is 1. The Morgan fingerprint density at radius 1 is 1.09 bits per heavy atom. The van der Waals surface area contributed by atoms with Crippen LogP contribution in [0, 0.1) is 0 Å². The number of hydrogen-bond acceptors (Lipinski definition) is 4. The summed E-state index contributed by atoms with van der Waals surface area (Å²) in [5.41, 5.74) is 3.48. The van der Waals surface area contributed by atoms with Crippen molar-refractivity contribution in [3.8, 4) is 11.5 Å². The highest BCUT2D eigenvalue weighted by Gasteiger charge is 2.50. The van der Waals surface area contributed by atoms with Gasteiger partial charge in [-0.25, -0.2) is 4.79 Å². The monoisotopic (exact) mass is 437 g/mol. The van der Waals surface area contributed by atoms with Gasteiger partial charge in [0, 0.05) is 23.2 Å². The number of ether oxygens (including phenoxy) is 2. The average molecular weight is 438 g/mol. The van der Waals surface area contributed by atoms with E-state index in [1.165, 1.54) is 11.1 Å². The molecule has 6 heteroatoms. The van der Waals surface area contributed by atoms with E-state index in [1.54, 1.807) is 14.2 Å². The number of nitrogens with one attached hydrogen (secondary N) is 2. The molecule has 2 aromatic rings. The standard InChI is InChI=1S/C26H35N3O3/c1-5-18-6-9-20(10-7-18)27-25(30)28-21-12-13-26(14-15-29(2)24(26)17-21)19-8-11-22(31-3)23(16-19)32-4/h6-11,16,21,24H,5,12-15,17H2,1-4H3,(H2,27,28,30). The van der Waals surface area contributed by atoms with Gasteiger partial charge in [-0.3, -0.25) is 0 Å². The van der Waals surface area contributed by atoms with Crippen molar-refractivity contribution in [1.82, 2.24) is 10.2 Å². The Kier molecular flexibility index (Phi) is 6.60. The number of aryl methyl sites for hydroxylation is 1. The van der Waals surface area contributed by atoms with E-state index in [0.717, 1.165) is 55.8 Å². The maximum Gasteiger partial charge on any atom is 0.319 e. The number of anilines is 1. The molecule has 3 unspecified atom stereocenters. The quantitative estimate of drug-likeness (QED) is 0.694. The van der Waals surface area contributed by atoms with Crippen LogP contribution in [0.15, 0.2) is 42.5 Å². The molecule has 2 aliphatic rings. The van der Waals surface area contributed by atoms with Crippen LogP contribution < -0.4 is 20.1 Å². The second-order valence-electron chi connectivity index (χ2n) is 9.09. The number of nitrogens with zero attached hydrogens (tertiary/aromatic N) is 1. The molecule has 2 fully saturated rings. The maximum atomic E-state index is 12.6. The third-order valence-electron chi connectivity index (χ3n) is 7.44. The van der Waals surface area contributed by atoms with Crippen LogP contribution >= 0.6 is 0 Å². The minimum Gasteiger partial charge on any atom is -0.493 e. The number of amides is 2. The molecule has 1 aliphatic carbocycles. The van der Waals surface area contributed by atoms with E-state index >= 15 is 0 Å². The zero-order chi connectivity index (χ0) is 22.7. The summed E-state index contributed by atoms with van der Waals surface area (Å²) in [5, 5.41) is 6.20. The largest absolute Gasteiger partial charge is 0.493 e. The second-order valence-corrected chi connectivity index (χ2v) is 9.09. The molecule has 1 saturated carbocycles. The van der Waals surface area contributed by atoms with E-state index in [-0.39, 0.29) is 17.5 Å². The first kappa shape index (κ1) is 22.5. The highest BCUT2D eigenvalue weighted by molar-refractivity contribution is 5.89. The van der Waals surface area contributed by atoms with Crippen molar-refractivity contribution in [2.24, 2.45) is 0 Å². The summed E-state index contributed by atoms with van der Waals surface area (Å²) in [5.74, 6) is 1.54. The normalized spacial score (nSPS) is 25.1. The molecule has 3 atom stereocenters. The van der Waals surface area contributed by atoms with Gasteiger partial charge in [0.15, 0.2) is 11.5 Å². The molecule has 172 valence electrons. The zero-order valence-electron chi connectivity index (χ0n) is 19.6. The fourth-order valence-corrected chi connectivity index (χ4v) is 5.57. The SMILES string of the molecule is CCc1ccc(NC(=O)NC2CCC3(c4ccc(OC)c(OC)c4)CCN(C)C3C2)cc1. The molecule has 4 rings (SSSR count). The number of rotatable bonds is 6. The topological polar surface area (TPSA) is 62.8 Å². The van der Waals surface area contributed by atoms with Gasteiger partial charge in [0.2, 0.25) is 0 Å². The fourth-order valence-electron chi connectivity index (χ4n) is 5.57. The van der Waals surface area contributed by atoms with E-state index in [1.807, 2.05) is 18.2 Å². The molecule has 1 heterocycles. The molecule has 0 bridgehead atoms. The van der Waals surface area contributed by atoms with E-state index < -0.39 is 0 Å². The van der Waals surface area contributed by atoms with Crippen molar-refractivity contribution < 1.29 is 14.3 Å². The van der Waals surface area contributed by atoms with Crippen molar-refractivity contribution in [2.75, 3.05) is 33.1 Å². The lowest BCUT2D eigenvalue weighted by atomic mass is 9.65. The van der Waals surface area contributed by atoms with Gasteiger partial charge in [-0.05, 0) is 81.1 Å². The number of carbonyl (C=O) groups excluding carboxylic acids is 1. The highest BCUT2D eigenvalue weighted by atomic mass is 16.5. The third kappa shape index (κ3) is 4.29. The Morgan fingerprint density at radius 2 is 1.84 bits per heavy atom. The smallest absolute Gasteiger partial charge is 0.319 e. The van der Waals surface area contributed by atoms with Crippen LogP contribution in [0.4, 0.5) is 10.5 Å². The van der Waals surface area contributed by atoms with Crippen LogP contribution in [0.5, 0.6) is 11.5 Å². The highest BCUT2D eigenvalue weighted by Crippen LogP contribution is 2.49. The number of likely N-dealkylation sites (N-methyl/N-ethyl adjacent to an activating group) is 1. The van der Waals surface area contributed by atoms with Crippen molar-refractivity contribution in [1.29, 1.82) is 0 Å². The second kappa shape index (κ2) is 9.41. The van der Waals surface area contributed by atoms with Crippen LogP contribution in [0.25, 0.3) is 0 Å². The number of hydrogen-bond donors (Lipinski definition) is 2. The fraction of sp³-hybridized carbons (Fsp3) is 0.500. The number of fused-ring (bicyclic) bond motifs is 1. The summed E-state index contributed by atoms with van der Waals surface area (Å²) in [6.07, 6.45) is 5.04. The number of benzene rings is 2. The van der Waals surface area contributed by atoms with Crippen LogP contribution in [0.1, 0.15) is 43.7 Å². The number of likely N-dealkylation sites (tertiary alicyclic amines) is 1. The average Bonchev–Trinajstić information content (AvgIpc) is 3.16. The Bertz CT molecular complexity index is 946. The third-order valence-corrected chi connectivity index (χ3v) is 7.44. The summed E-state index contributed by atoms with van der Waals surface area (Å²) in [4.78, 5) is 15.1. The lowest BCUT2D eigenvalue weighted by Crippen LogP contribution is -2.52. The van der Waals surface area contributed by atoms with Gasteiger partial charge < -0.3 is 25.0 Å². The Balaban J connectivity index is 1.45. The predicted molar refractivity (Wildman–Crippen MR) is 128 cm³/mol. The molecule has 2 N–H and O–H groups in total. The first-order chi connectivity index (χ1) is 15.5. The lowest BCUT2D eigenvalue weighted by Gasteiger charge is -2.45. The number of urea groups is 1. The lowest BCUT2D eigenvalue weighted by molar-refractivity contribution is 0.156. The van der Waals surface area contributed by atoms with E-state index in [2.05, 4.69) is 53.8 Å². The van der Waals surface area contributed by atoms with Crippen molar-refractivity contribution >= 4 is 11.7 Å². The molecule has 1 saturated heterocycles. The molecule has 0 aromatic heterocycles. The Morgan fingerprint density at radius 3 is 2.53 bits per heavy atom. The van der Waals surface area contributed by atoms with E-state index in [0.29, 0.717) is 6.04 Å². The van der Waals surface area contributed by atoms with Gasteiger partial charge >= 0.3 is 6.03 Å². The van der Waals surface area contributed by atoms with Crippen LogP contribution in [-0.2, 0) is 11.8 Å². The Labute approximate surface area is 191 Å². The van der Waals surface area contributed by atoms with Gasteiger partial charge in [0.1, 0.15) is 0 Å². The molecule has 0 radical (unpaired) electrons. The van der Waals surface area contributed by atoms with Gasteiger partial charge in [0.05, 0.1) is 14.2 Å². The van der Waals surface area contributed by atoms with Gasteiger partial charge in [-0.15, -0.1) is 0 Å². The van der Waals surface area contributed by atoms with Gasteiger partial charge in [-0.2, -0.15) is 0 Å². The van der Waals surface area contributed by atoms with Crippen LogP contribution in [0.2, 0.25) is 0 Å². The molecule has 0 spiro atoms. The van der Waals surface area contributed by atoms with Crippen molar-refractivity contribution in [3.63, 3.8) is 0 Å². The molecule has 32 heavy (non-hydrogen) atoms. The van der Waals surface area contributed by atoms with Crippen molar-refractivity contribution in [2.45, 2.75) is 56.5 Å². The minimum absolute atomic E-state index is 0.0823. The summed E-state index contributed by atoms with van der Waals surface area (Å²) < 4.78 is 11.0. The summed E-state index contributed by atoms with van der Waals surface area (Å²) in [6.45, 7) is 3.18.